The van der Waals surface area contributed by atoms with Gasteiger partial charge < -0.3 is 4.74 Å². The molecule has 1 N–H and O–H groups in total. The monoisotopic (exact) mass is 210 g/mol. The molecule has 2 aromatic heterocycles. The van der Waals surface area contributed by atoms with Crippen LogP contribution in [0, 0.1) is 0 Å². The van der Waals surface area contributed by atoms with Crippen LogP contribution < -0.4 is 0 Å². The first-order chi connectivity index (χ1) is 6.83. The summed E-state index contributed by atoms with van der Waals surface area (Å²) in [6.45, 7) is 0. The van der Waals surface area contributed by atoms with Gasteiger partial charge in [0.15, 0.2) is 5.69 Å². The van der Waals surface area contributed by atoms with Crippen LogP contribution in [0.4, 0.5) is 0 Å². The van der Waals surface area contributed by atoms with Crippen molar-refractivity contribution in [1.82, 2.24) is 19.8 Å². The molecule has 72 valence electrons. The quantitative estimate of drug-likeness (QED) is 0.738. The number of carbonyl (C=O) groups is 1. The van der Waals surface area contributed by atoms with Crippen LogP contribution in [-0.4, -0.2) is 32.9 Å². The van der Waals surface area contributed by atoms with E-state index in [9.17, 15) is 4.79 Å². The highest BCUT2D eigenvalue weighted by molar-refractivity contribution is 7.03. The number of nitrogens with one attached hydrogen (secondary N) is 1. The van der Waals surface area contributed by atoms with E-state index in [4.69, 9.17) is 0 Å². The normalized spacial score (nSPS) is 10.1. The Morgan fingerprint density at radius 2 is 2.43 bits per heavy atom. The standard InChI is InChI=1S/C7H6N4O2S/c1-13-7(12)6-5(9-11-10-6)4-2-8-14-3-4/h2-3H,1H3,(H,9,10,11). The van der Waals surface area contributed by atoms with E-state index in [1.165, 1.54) is 18.6 Å². The Morgan fingerprint density at radius 3 is 3.07 bits per heavy atom. The topological polar surface area (TPSA) is 80.8 Å². The second-order valence-corrected chi connectivity index (χ2v) is 3.08. The summed E-state index contributed by atoms with van der Waals surface area (Å²) >= 11 is 1.28. The molecule has 0 bridgehead atoms. The van der Waals surface area contributed by atoms with Gasteiger partial charge in [-0.05, 0) is 11.5 Å². The van der Waals surface area contributed by atoms with E-state index in [1.807, 2.05) is 0 Å². The molecular formula is C7H6N4O2S. The van der Waals surface area contributed by atoms with Gasteiger partial charge in [-0.15, -0.1) is 5.10 Å². The molecule has 0 aliphatic carbocycles. The van der Waals surface area contributed by atoms with Gasteiger partial charge in [-0.2, -0.15) is 10.3 Å². The van der Waals surface area contributed by atoms with Crippen molar-refractivity contribution >= 4 is 17.5 Å². The van der Waals surface area contributed by atoms with Gasteiger partial charge in [0.25, 0.3) is 0 Å². The highest BCUT2D eigenvalue weighted by atomic mass is 32.1. The number of esters is 1. The molecule has 0 atom stereocenters. The van der Waals surface area contributed by atoms with Crippen LogP contribution in [0.3, 0.4) is 0 Å². The maximum atomic E-state index is 11.2. The van der Waals surface area contributed by atoms with Crippen LogP contribution in [0.1, 0.15) is 10.5 Å². The Balaban J connectivity index is 2.45. The second-order valence-electron chi connectivity index (χ2n) is 2.43. The van der Waals surface area contributed by atoms with E-state index in [1.54, 1.807) is 11.6 Å². The Labute approximate surface area is 83.1 Å². The smallest absolute Gasteiger partial charge is 0.360 e. The first-order valence-electron chi connectivity index (χ1n) is 3.71. The van der Waals surface area contributed by atoms with Crippen molar-refractivity contribution in [2.24, 2.45) is 0 Å². The Bertz CT molecular complexity index is 436. The van der Waals surface area contributed by atoms with Crippen molar-refractivity contribution in [2.45, 2.75) is 0 Å². The van der Waals surface area contributed by atoms with Gasteiger partial charge in [0, 0.05) is 10.9 Å². The minimum absolute atomic E-state index is 0.174. The lowest BCUT2D eigenvalue weighted by Gasteiger charge is -1.94. The number of methoxy groups -OCH3 is 1. The van der Waals surface area contributed by atoms with Crippen molar-refractivity contribution in [2.75, 3.05) is 7.11 Å². The molecule has 2 heterocycles. The van der Waals surface area contributed by atoms with Gasteiger partial charge in [-0.3, -0.25) is 0 Å². The average Bonchev–Trinajstić information content (AvgIpc) is 2.85. The third-order valence-corrected chi connectivity index (χ3v) is 2.22. The molecule has 0 fully saturated rings. The van der Waals surface area contributed by atoms with Crippen LogP contribution in [-0.2, 0) is 4.74 Å². The maximum absolute atomic E-state index is 11.2. The van der Waals surface area contributed by atoms with Gasteiger partial charge in [-0.25, -0.2) is 9.17 Å². The molecule has 0 saturated carbocycles. The molecule has 0 aliphatic heterocycles. The van der Waals surface area contributed by atoms with E-state index in [0.29, 0.717) is 5.69 Å². The van der Waals surface area contributed by atoms with Crippen molar-refractivity contribution in [3.8, 4) is 11.3 Å². The molecule has 0 aromatic carbocycles. The number of hydrogen-bond acceptors (Lipinski definition) is 6. The second kappa shape index (κ2) is 3.54. The molecule has 0 saturated heterocycles. The van der Waals surface area contributed by atoms with Crippen LogP contribution >= 0.6 is 11.5 Å². The van der Waals surface area contributed by atoms with E-state index in [-0.39, 0.29) is 5.69 Å². The summed E-state index contributed by atoms with van der Waals surface area (Å²) in [6, 6.07) is 0. The summed E-state index contributed by atoms with van der Waals surface area (Å²) in [4.78, 5) is 11.2. The number of aromatic nitrogens is 4. The molecule has 0 radical (unpaired) electrons. The van der Waals surface area contributed by atoms with Crippen molar-refractivity contribution < 1.29 is 9.53 Å². The largest absolute Gasteiger partial charge is 0.464 e. The molecule has 14 heavy (non-hydrogen) atoms. The molecule has 2 aromatic rings. The fourth-order valence-electron chi connectivity index (χ4n) is 0.993. The zero-order chi connectivity index (χ0) is 9.97. The molecule has 2 rings (SSSR count). The zero-order valence-electron chi connectivity index (χ0n) is 7.22. The van der Waals surface area contributed by atoms with Crippen LogP contribution in [0.5, 0.6) is 0 Å². The fourth-order valence-corrected chi connectivity index (χ4v) is 1.51. The van der Waals surface area contributed by atoms with Crippen molar-refractivity contribution in [3.63, 3.8) is 0 Å². The average molecular weight is 210 g/mol. The van der Waals surface area contributed by atoms with Gasteiger partial charge in [0.05, 0.1) is 13.3 Å². The van der Waals surface area contributed by atoms with Gasteiger partial charge in [0.2, 0.25) is 0 Å². The summed E-state index contributed by atoms with van der Waals surface area (Å²) in [6.07, 6.45) is 1.62. The van der Waals surface area contributed by atoms with Gasteiger partial charge >= 0.3 is 5.97 Å². The maximum Gasteiger partial charge on any atom is 0.360 e. The van der Waals surface area contributed by atoms with Crippen molar-refractivity contribution in [3.05, 3.63) is 17.3 Å². The minimum atomic E-state index is -0.514. The number of ether oxygens (including phenoxy) is 1. The summed E-state index contributed by atoms with van der Waals surface area (Å²) in [7, 11) is 1.30. The first kappa shape index (κ1) is 8.82. The number of nitrogens with zero attached hydrogens (tertiary/aromatic N) is 3. The summed E-state index contributed by atoms with van der Waals surface area (Å²) in [5, 5.41) is 11.7. The molecular weight excluding hydrogens is 204 g/mol. The SMILES string of the molecule is COC(=O)c1n[nH]nc1-c1cnsc1. The fraction of sp³-hybridized carbons (Fsp3) is 0.143. The van der Waals surface area contributed by atoms with E-state index in [0.717, 1.165) is 5.56 Å². The Hall–Kier alpha value is -1.76. The number of hydrogen-bond donors (Lipinski definition) is 1. The zero-order valence-corrected chi connectivity index (χ0v) is 8.04. The lowest BCUT2D eigenvalue weighted by Crippen LogP contribution is -2.03. The number of rotatable bonds is 2. The van der Waals surface area contributed by atoms with E-state index < -0.39 is 5.97 Å². The minimum Gasteiger partial charge on any atom is -0.464 e. The lowest BCUT2D eigenvalue weighted by molar-refractivity contribution is 0.0595. The predicted molar refractivity (Wildman–Crippen MR) is 48.8 cm³/mol. The van der Waals surface area contributed by atoms with Gasteiger partial charge in [0.1, 0.15) is 5.69 Å². The first-order valence-corrected chi connectivity index (χ1v) is 4.55. The van der Waals surface area contributed by atoms with Crippen LogP contribution in [0.2, 0.25) is 0 Å². The summed E-state index contributed by atoms with van der Waals surface area (Å²) in [5.74, 6) is -0.514. The number of H-pyrrole nitrogens is 1. The predicted octanol–water partition coefficient (Wildman–Crippen LogP) is 0.715. The van der Waals surface area contributed by atoms with Crippen LogP contribution in [0.15, 0.2) is 11.6 Å². The highest BCUT2D eigenvalue weighted by Crippen LogP contribution is 2.20. The van der Waals surface area contributed by atoms with Gasteiger partial charge in [-0.1, -0.05) is 0 Å². The third kappa shape index (κ3) is 1.37. The molecule has 0 spiro atoms. The highest BCUT2D eigenvalue weighted by Gasteiger charge is 2.18. The van der Waals surface area contributed by atoms with Crippen molar-refractivity contribution in [1.29, 1.82) is 0 Å². The number of carbonyl (C=O) groups excluding carboxylic acids is 1. The molecule has 7 heteroatoms. The van der Waals surface area contributed by atoms with E-state index in [2.05, 4.69) is 24.5 Å². The molecule has 0 unspecified atom stereocenters. The summed E-state index contributed by atoms with van der Waals surface area (Å²) < 4.78 is 8.47. The van der Waals surface area contributed by atoms with Crippen LogP contribution in [0.25, 0.3) is 11.3 Å². The Kier molecular flexibility index (Phi) is 2.23. The molecule has 6 nitrogen and oxygen atoms in total. The summed E-state index contributed by atoms with van der Waals surface area (Å²) in [5.41, 5.74) is 1.39. The Morgan fingerprint density at radius 1 is 1.57 bits per heavy atom. The molecule has 0 aliphatic rings. The lowest BCUT2D eigenvalue weighted by atomic mass is 10.2. The third-order valence-electron chi connectivity index (χ3n) is 1.63. The van der Waals surface area contributed by atoms with E-state index >= 15 is 0 Å². The number of aromatic amines is 1. The molecule has 0 amide bonds.